The van der Waals surface area contributed by atoms with Gasteiger partial charge in [0.05, 0.1) is 13.7 Å². The summed E-state index contributed by atoms with van der Waals surface area (Å²) in [6.07, 6.45) is 1.97. The first-order valence-corrected chi connectivity index (χ1v) is 7.63. The molecule has 6 heteroatoms. The van der Waals surface area contributed by atoms with E-state index >= 15 is 0 Å². The van der Waals surface area contributed by atoms with Crippen molar-refractivity contribution < 1.29 is 19.1 Å². The average Bonchev–Trinajstić information content (AvgIpc) is 2.48. The third kappa shape index (κ3) is 8.34. The van der Waals surface area contributed by atoms with E-state index in [1.165, 1.54) is 7.11 Å². The Labute approximate surface area is 133 Å². The van der Waals surface area contributed by atoms with Crippen LogP contribution >= 0.6 is 15.9 Å². The second kappa shape index (κ2) is 10.2. The molecular weight excluding hydrogens is 338 g/mol. The fraction of sp³-hybridized carbons (Fsp3) is 0.467. The van der Waals surface area contributed by atoms with E-state index in [0.717, 1.165) is 10.2 Å². The molecule has 0 saturated carbocycles. The van der Waals surface area contributed by atoms with E-state index < -0.39 is 0 Å². The van der Waals surface area contributed by atoms with Crippen molar-refractivity contribution in [3.8, 4) is 5.75 Å². The Kier molecular flexibility index (Phi) is 8.50. The van der Waals surface area contributed by atoms with Gasteiger partial charge in [-0.25, -0.2) is 0 Å². The van der Waals surface area contributed by atoms with Crippen LogP contribution in [0.2, 0.25) is 0 Å². The zero-order valence-corrected chi connectivity index (χ0v) is 13.6. The Morgan fingerprint density at radius 2 is 2.05 bits per heavy atom. The van der Waals surface area contributed by atoms with Gasteiger partial charge in [-0.1, -0.05) is 22.0 Å². The largest absolute Gasteiger partial charge is 0.494 e. The van der Waals surface area contributed by atoms with Gasteiger partial charge in [0.25, 0.3) is 0 Å². The van der Waals surface area contributed by atoms with Crippen LogP contribution in [0.3, 0.4) is 0 Å². The van der Waals surface area contributed by atoms with E-state index in [-0.39, 0.29) is 11.9 Å². The normalized spacial score (nSPS) is 10.0. The van der Waals surface area contributed by atoms with Crippen LogP contribution in [0.1, 0.15) is 25.7 Å². The molecule has 1 amide bonds. The molecule has 5 nitrogen and oxygen atoms in total. The van der Waals surface area contributed by atoms with Crippen LogP contribution in [0.4, 0.5) is 0 Å². The molecule has 0 aliphatic heterocycles. The molecule has 1 aromatic carbocycles. The molecule has 0 heterocycles. The molecule has 1 rings (SSSR count). The van der Waals surface area contributed by atoms with Gasteiger partial charge in [-0.05, 0) is 31.0 Å². The standard InChI is InChI=1S/C15H20BrNO4/c1-20-15(19)8-3-9-17-14(18)7-4-10-21-13-6-2-5-12(16)11-13/h2,5-6,11H,3-4,7-10H2,1H3,(H,17,18). The summed E-state index contributed by atoms with van der Waals surface area (Å²) in [5.74, 6) is 0.493. The first-order chi connectivity index (χ1) is 10.1. The number of hydrogen-bond acceptors (Lipinski definition) is 4. The van der Waals surface area contributed by atoms with E-state index in [1.807, 2.05) is 24.3 Å². The molecule has 0 aromatic heterocycles. The van der Waals surface area contributed by atoms with Crippen LogP contribution in [-0.4, -0.2) is 32.1 Å². The topological polar surface area (TPSA) is 64.6 Å². The number of hydrogen-bond donors (Lipinski definition) is 1. The highest BCUT2D eigenvalue weighted by molar-refractivity contribution is 9.10. The predicted octanol–water partition coefficient (Wildman–Crippen LogP) is 2.68. The predicted molar refractivity (Wildman–Crippen MR) is 83.1 cm³/mol. The van der Waals surface area contributed by atoms with Crippen molar-refractivity contribution in [2.75, 3.05) is 20.3 Å². The molecule has 21 heavy (non-hydrogen) atoms. The molecule has 0 bridgehead atoms. The number of esters is 1. The monoisotopic (exact) mass is 357 g/mol. The highest BCUT2D eigenvalue weighted by Crippen LogP contribution is 2.17. The summed E-state index contributed by atoms with van der Waals surface area (Å²) in [7, 11) is 1.35. The maximum absolute atomic E-state index is 11.5. The van der Waals surface area contributed by atoms with Gasteiger partial charge in [0.1, 0.15) is 5.75 Å². The second-order valence-electron chi connectivity index (χ2n) is 4.44. The number of rotatable bonds is 9. The third-order valence-corrected chi connectivity index (χ3v) is 3.21. The Balaban J connectivity index is 2.04. The molecule has 1 N–H and O–H groups in total. The molecule has 0 unspecified atom stereocenters. The first kappa shape index (κ1) is 17.5. The number of methoxy groups -OCH3 is 1. The van der Waals surface area contributed by atoms with Crippen molar-refractivity contribution >= 4 is 27.8 Å². The molecule has 0 spiro atoms. The van der Waals surface area contributed by atoms with Crippen molar-refractivity contribution in [2.24, 2.45) is 0 Å². The fourth-order valence-corrected chi connectivity index (χ4v) is 2.01. The quantitative estimate of drug-likeness (QED) is 0.545. The number of benzene rings is 1. The number of carbonyl (C=O) groups excluding carboxylic acids is 2. The molecule has 0 radical (unpaired) electrons. The van der Waals surface area contributed by atoms with Gasteiger partial charge in [0.15, 0.2) is 0 Å². The molecule has 0 aliphatic rings. The molecule has 1 aromatic rings. The maximum atomic E-state index is 11.5. The Hall–Kier alpha value is -1.56. The fourth-order valence-electron chi connectivity index (χ4n) is 1.63. The Morgan fingerprint density at radius 1 is 1.24 bits per heavy atom. The molecule has 116 valence electrons. The van der Waals surface area contributed by atoms with E-state index in [9.17, 15) is 9.59 Å². The van der Waals surface area contributed by atoms with Crippen LogP contribution in [-0.2, 0) is 14.3 Å². The van der Waals surface area contributed by atoms with Crippen molar-refractivity contribution in [2.45, 2.75) is 25.7 Å². The number of halogens is 1. The maximum Gasteiger partial charge on any atom is 0.305 e. The van der Waals surface area contributed by atoms with Crippen LogP contribution in [0.5, 0.6) is 5.75 Å². The van der Waals surface area contributed by atoms with E-state index in [0.29, 0.717) is 38.8 Å². The first-order valence-electron chi connectivity index (χ1n) is 6.83. The van der Waals surface area contributed by atoms with Gasteiger partial charge in [-0.15, -0.1) is 0 Å². The summed E-state index contributed by atoms with van der Waals surface area (Å²) in [4.78, 5) is 22.4. The van der Waals surface area contributed by atoms with Crippen molar-refractivity contribution in [1.29, 1.82) is 0 Å². The van der Waals surface area contributed by atoms with Crippen LogP contribution in [0.25, 0.3) is 0 Å². The van der Waals surface area contributed by atoms with E-state index in [2.05, 4.69) is 26.0 Å². The van der Waals surface area contributed by atoms with Crippen molar-refractivity contribution in [3.05, 3.63) is 28.7 Å². The van der Waals surface area contributed by atoms with Gasteiger partial charge in [0.2, 0.25) is 5.91 Å². The molecule has 0 saturated heterocycles. The van der Waals surface area contributed by atoms with E-state index in [4.69, 9.17) is 4.74 Å². The summed E-state index contributed by atoms with van der Waals surface area (Å²) in [5, 5.41) is 2.76. The Morgan fingerprint density at radius 3 is 2.76 bits per heavy atom. The lowest BCUT2D eigenvalue weighted by Crippen LogP contribution is -2.25. The number of carbonyl (C=O) groups is 2. The van der Waals surface area contributed by atoms with Gasteiger partial charge in [0, 0.05) is 23.9 Å². The molecular formula is C15H20BrNO4. The lowest BCUT2D eigenvalue weighted by molar-refractivity contribution is -0.140. The van der Waals surface area contributed by atoms with Crippen LogP contribution in [0, 0.1) is 0 Å². The second-order valence-corrected chi connectivity index (χ2v) is 5.35. The van der Waals surface area contributed by atoms with Gasteiger partial charge in [-0.3, -0.25) is 9.59 Å². The van der Waals surface area contributed by atoms with Crippen molar-refractivity contribution in [3.63, 3.8) is 0 Å². The summed E-state index contributed by atoms with van der Waals surface area (Å²) < 4.78 is 11.0. The van der Waals surface area contributed by atoms with Gasteiger partial charge < -0.3 is 14.8 Å². The molecule has 0 atom stereocenters. The molecule has 0 fully saturated rings. The zero-order chi connectivity index (χ0) is 15.5. The number of amides is 1. The van der Waals surface area contributed by atoms with E-state index in [1.54, 1.807) is 0 Å². The summed E-state index contributed by atoms with van der Waals surface area (Å²) >= 11 is 3.37. The minimum atomic E-state index is -0.258. The number of ether oxygens (including phenoxy) is 2. The van der Waals surface area contributed by atoms with Gasteiger partial charge >= 0.3 is 5.97 Å². The highest BCUT2D eigenvalue weighted by atomic mass is 79.9. The lowest BCUT2D eigenvalue weighted by atomic mass is 10.3. The lowest BCUT2D eigenvalue weighted by Gasteiger charge is -2.07. The molecule has 0 aliphatic carbocycles. The van der Waals surface area contributed by atoms with Crippen molar-refractivity contribution in [1.82, 2.24) is 5.32 Å². The minimum Gasteiger partial charge on any atom is -0.494 e. The SMILES string of the molecule is COC(=O)CCCNC(=O)CCCOc1cccc(Br)c1. The smallest absolute Gasteiger partial charge is 0.305 e. The summed E-state index contributed by atoms with van der Waals surface area (Å²) in [5.41, 5.74) is 0. The van der Waals surface area contributed by atoms with Crippen LogP contribution < -0.4 is 10.1 Å². The number of nitrogens with one attached hydrogen (secondary N) is 1. The highest BCUT2D eigenvalue weighted by Gasteiger charge is 2.03. The zero-order valence-electron chi connectivity index (χ0n) is 12.1. The minimum absolute atomic E-state index is 0.0299. The Bertz CT molecular complexity index is 465. The van der Waals surface area contributed by atoms with Crippen LogP contribution in [0.15, 0.2) is 28.7 Å². The average molecular weight is 358 g/mol. The van der Waals surface area contributed by atoms with Gasteiger partial charge in [-0.2, -0.15) is 0 Å². The third-order valence-electron chi connectivity index (χ3n) is 2.72. The summed E-state index contributed by atoms with van der Waals surface area (Å²) in [6, 6.07) is 7.58. The summed E-state index contributed by atoms with van der Waals surface area (Å²) in [6.45, 7) is 0.979.